The number of hydrogen-bond acceptors (Lipinski definition) is 4. The molecule has 4 nitrogen and oxygen atoms in total. The maximum absolute atomic E-state index is 11.7. The van der Waals surface area contributed by atoms with Crippen molar-refractivity contribution < 1.29 is 14.3 Å². The molecule has 0 radical (unpaired) electrons. The number of hydrogen-bond donors (Lipinski definition) is 1. The molecule has 1 heterocycles. The van der Waals surface area contributed by atoms with E-state index in [1.54, 1.807) is 7.11 Å². The summed E-state index contributed by atoms with van der Waals surface area (Å²) in [6, 6.07) is 5.86. The molecule has 0 aliphatic carbocycles. The highest BCUT2D eigenvalue weighted by atomic mass is 16.5. The van der Waals surface area contributed by atoms with E-state index in [2.05, 4.69) is 5.32 Å². The summed E-state index contributed by atoms with van der Waals surface area (Å²) in [5.41, 5.74) is 2.18. The van der Waals surface area contributed by atoms with E-state index in [9.17, 15) is 4.79 Å². The number of nitrogens with one attached hydrogen (secondary N) is 1. The van der Waals surface area contributed by atoms with Crippen LogP contribution in [0.4, 0.5) is 5.69 Å². The van der Waals surface area contributed by atoms with Gasteiger partial charge in [0.2, 0.25) is 0 Å². The van der Waals surface area contributed by atoms with Gasteiger partial charge in [-0.15, -0.1) is 0 Å². The molecule has 1 N–H and O–H groups in total. The first-order chi connectivity index (χ1) is 8.24. The summed E-state index contributed by atoms with van der Waals surface area (Å²) in [5, 5.41) is 3.25. The number of anilines is 1. The van der Waals surface area contributed by atoms with Gasteiger partial charge in [0.15, 0.2) is 0 Å². The predicted octanol–water partition coefficient (Wildman–Crippen LogP) is 1.84. The predicted molar refractivity (Wildman–Crippen MR) is 65.3 cm³/mol. The molecule has 4 heteroatoms. The lowest BCUT2D eigenvalue weighted by Crippen LogP contribution is -2.31. The van der Waals surface area contributed by atoms with E-state index in [1.165, 1.54) is 0 Å². The van der Waals surface area contributed by atoms with Gasteiger partial charge in [0, 0.05) is 12.2 Å². The molecule has 0 saturated heterocycles. The van der Waals surface area contributed by atoms with Crippen molar-refractivity contribution in [3.8, 4) is 5.75 Å². The summed E-state index contributed by atoms with van der Waals surface area (Å²) >= 11 is 0. The Bertz CT molecular complexity index is 417. The molecule has 0 saturated carbocycles. The molecular formula is C13H17NO3. The molecule has 0 aromatic heterocycles. The highest BCUT2D eigenvalue weighted by molar-refractivity contribution is 5.75. The minimum Gasteiger partial charge on any atom is -0.497 e. The van der Waals surface area contributed by atoms with Gasteiger partial charge in [0.1, 0.15) is 5.75 Å². The molecule has 0 spiro atoms. The lowest BCUT2D eigenvalue weighted by atomic mass is 9.94. The summed E-state index contributed by atoms with van der Waals surface area (Å²) in [5.74, 6) is 0.582. The van der Waals surface area contributed by atoms with Crippen LogP contribution in [0.15, 0.2) is 18.2 Å². The number of ether oxygens (including phenoxy) is 2. The fraction of sp³-hybridized carbons (Fsp3) is 0.462. The Morgan fingerprint density at radius 1 is 1.53 bits per heavy atom. The lowest BCUT2D eigenvalue weighted by molar-refractivity contribution is -0.147. The van der Waals surface area contributed by atoms with Gasteiger partial charge < -0.3 is 14.8 Å². The average molecular weight is 235 g/mol. The molecule has 17 heavy (non-hydrogen) atoms. The Balaban J connectivity index is 2.14. The molecule has 1 aromatic carbocycles. The van der Waals surface area contributed by atoms with Crippen LogP contribution in [0, 0.1) is 5.92 Å². The molecule has 92 valence electrons. The van der Waals surface area contributed by atoms with Gasteiger partial charge >= 0.3 is 5.97 Å². The Kier molecular flexibility index (Phi) is 3.52. The summed E-state index contributed by atoms with van der Waals surface area (Å²) < 4.78 is 10.2. The monoisotopic (exact) mass is 235 g/mol. The first-order valence-corrected chi connectivity index (χ1v) is 5.82. The third-order valence-electron chi connectivity index (χ3n) is 2.94. The van der Waals surface area contributed by atoms with Gasteiger partial charge in [-0.25, -0.2) is 0 Å². The van der Waals surface area contributed by atoms with Crippen LogP contribution in [0.5, 0.6) is 5.75 Å². The second-order valence-electron chi connectivity index (χ2n) is 4.06. The van der Waals surface area contributed by atoms with Crippen LogP contribution in [0.25, 0.3) is 0 Å². The number of carbonyl (C=O) groups is 1. The first kappa shape index (κ1) is 11.8. The Morgan fingerprint density at radius 2 is 2.35 bits per heavy atom. The van der Waals surface area contributed by atoms with Gasteiger partial charge in [-0.05, 0) is 37.1 Å². The Labute approximate surface area is 101 Å². The second kappa shape index (κ2) is 5.08. The smallest absolute Gasteiger partial charge is 0.311 e. The molecule has 1 aromatic rings. The van der Waals surface area contributed by atoms with Crippen LogP contribution in [0.1, 0.15) is 12.5 Å². The van der Waals surface area contributed by atoms with Crippen molar-refractivity contribution in [1.82, 2.24) is 0 Å². The third kappa shape index (κ3) is 2.52. The van der Waals surface area contributed by atoms with Gasteiger partial charge in [0.05, 0.1) is 19.6 Å². The number of rotatable bonds is 3. The molecule has 1 atom stereocenters. The highest BCUT2D eigenvalue weighted by Crippen LogP contribution is 2.28. The van der Waals surface area contributed by atoms with Gasteiger partial charge in [-0.2, -0.15) is 0 Å². The van der Waals surface area contributed by atoms with Gasteiger partial charge in [0.25, 0.3) is 0 Å². The van der Waals surface area contributed by atoms with Crippen molar-refractivity contribution in [1.29, 1.82) is 0 Å². The zero-order valence-electron chi connectivity index (χ0n) is 10.2. The standard InChI is InChI=1S/C13H17NO3/c1-3-17-13(15)10-6-9-7-11(16-2)4-5-12(9)14-8-10/h4-5,7,10,14H,3,6,8H2,1-2H3/t10-/m1/s1. The van der Waals surface area contributed by atoms with Crippen molar-refractivity contribution in [2.45, 2.75) is 13.3 Å². The fourth-order valence-electron chi connectivity index (χ4n) is 2.04. The minimum absolute atomic E-state index is 0.102. The summed E-state index contributed by atoms with van der Waals surface area (Å²) in [7, 11) is 1.64. The van der Waals surface area contributed by atoms with Crippen LogP contribution in [-0.2, 0) is 16.0 Å². The third-order valence-corrected chi connectivity index (χ3v) is 2.94. The molecule has 0 amide bonds. The van der Waals surface area contributed by atoms with Crippen LogP contribution in [-0.4, -0.2) is 26.2 Å². The molecule has 1 aliphatic heterocycles. The number of esters is 1. The molecule has 1 aliphatic rings. The summed E-state index contributed by atoms with van der Waals surface area (Å²) in [6.45, 7) is 2.89. The molecule has 0 bridgehead atoms. The quantitative estimate of drug-likeness (QED) is 0.812. The van der Waals surface area contributed by atoms with E-state index >= 15 is 0 Å². The molecule has 2 rings (SSSR count). The second-order valence-corrected chi connectivity index (χ2v) is 4.06. The number of fused-ring (bicyclic) bond motifs is 1. The topological polar surface area (TPSA) is 47.6 Å². The maximum Gasteiger partial charge on any atom is 0.311 e. The zero-order valence-corrected chi connectivity index (χ0v) is 10.2. The van der Waals surface area contributed by atoms with Crippen molar-refractivity contribution in [3.05, 3.63) is 23.8 Å². The van der Waals surface area contributed by atoms with E-state index in [0.29, 0.717) is 19.6 Å². The van der Waals surface area contributed by atoms with E-state index in [1.807, 2.05) is 25.1 Å². The fourth-order valence-corrected chi connectivity index (χ4v) is 2.04. The largest absolute Gasteiger partial charge is 0.497 e. The Hall–Kier alpha value is -1.71. The first-order valence-electron chi connectivity index (χ1n) is 5.82. The van der Waals surface area contributed by atoms with E-state index < -0.39 is 0 Å². The molecular weight excluding hydrogens is 218 g/mol. The van der Waals surface area contributed by atoms with Gasteiger partial charge in [-0.1, -0.05) is 0 Å². The van der Waals surface area contributed by atoms with E-state index in [4.69, 9.17) is 9.47 Å². The van der Waals surface area contributed by atoms with Crippen molar-refractivity contribution in [3.63, 3.8) is 0 Å². The normalized spacial score (nSPS) is 17.9. The number of methoxy groups -OCH3 is 1. The van der Waals surface area contributed by atoms with Crippen molar-refractivity contribution in [2.24, 2.45) is 5.92 Å². The maximum atomic E-state index is 11.7. The van der Waals surface area contributed by atoms with Crippen molar-refractivity contribution in [2.75, 3.05) is 25.6 Å². The number of carbonyl (C=O) groups excluding carboxylic acids is 1. The Morgan fingerprint density at radius 3 is 3.06 bits per heavy atom. The van der Waals surface area contributed by atoms with Crippen LogP contribution >= 0.6 is 0 Å². The van der Waals surface area contributed by atoms with Crippen LogP contribution in [0.2, 0.25) is 0 Å². The average Bonchev–Trinajstić information content (AvgIpc) is 2.37. The van der Waals surface area contributed by atoms with E-state index in [0.717, 1.165) is 17.0 Å². The van der Waals surface area contributed by atoms with Crippen LogP contribution in [0.3, 0.4) is 0 Å². The van der Waals surface area contributed by atoms with Gasteiger partial charge in [-0.3, -0.25) is 4.79 Å². The zero-order chi connectivity index (χ0) is 12.3. The summed E-state index contributed by atoms with van der Waals surface area (Å²) in [4.78, 5) is 11.7. The van der Waals surface area contributed by atoms with Crippen LogP contribution < -0.4 is 10.1 Å². The molecule has 0 unspecified atom stereocenters. The lowest BCUT2D eigenvalue weighted by Gasteiger charge is -2.25. The molecule has 0 fully saturated rings. The SMILES string of the molecule is CCOC(=O)[C@H]1CNc2ccc(OC)cc2C1. The minimum atomic E-state index is -0.131. The summed E-state index contributed by atoms with van der Waals surface area (Å²) in [6.07, 6.45) is 0.707. The highest BCUT2D eigenvalue weighted by Gasteiger charge is 2.25. The number of benzene rings is 1. The van der Waals surface area contributed by atoms with Crippen molar-refractivity contribution >= 4 is 11.7 Å². The van der Waals surface area contributed by atoms with E-state index in [-0.39, 0.29) is 11.9 Å².